The summed E-state index contributed by atoms with van der Waals surface area (Å²) < 4.78 is 1.03. The fraction of sp³-hybridized carbons (Fsp3) is 0.182. The lowest BCUT2D eigenvalue weighted by Crippen LogP contribution is -2.16. The van der Waals surface area contributed by atoms with Crippen LogP contribution in [0.15, 0.2) is 46.4 Å². The molecule has 0 saturated carbocycles. The molecule has 17 heavy (non-hydrogen) atoms. The first-order valence-corrected chi connectivity index (χ1v) is 7.32. The van der Waals surface area contributed by atoms with Gasteiger partial charge in [0.25, 0.3) is 0 Å². The van der Waals surface area contributed by atoms with E-state index in [0.717, 1.165) is 10.5 Å². The van der Waals surface area contributed by atoms with Gasteiger partial charge < -0.3 is 10.1 Å². The maximum atomic E-state index is 9.63. The molecule has 1 N–H and O–H groups in total. The topological polar surface area (TPSA) is 41.3 Å². The van der Waals surface area contributed by atoms with Crippen LogP contribution in [-0.2, 0) is 0 Å². The van der Waals surface area contributed by atoms with E-state index in [9.17, 15) is 5.21 Å². The minimum Gasteiger partial charge on any atom is -0.425 e. The zero-order chi connectivity index (χ0) is 11.8. The van der Waals surface area contributed by atoms with Crippen molar-refractivity contribution in [3.63, 3.8) is 0 Å². The Hall–Kier alpha value is -1.27. The molecule has 0 aromatic carbocycles. The molecule has 2 aliphatic rings. The van der Waals surface area contributed by atoms with E-state index in [4.69, 9.17) is 0 Å². The SMILES string of the molecule is CSC1=CN(c2cncn2O)C=C2SCC=C12. The summed E-state index contributed by atoms with van der Waals surface area (Å²) in [4.78, 5) is 8.29. The van der Waals surface area contributed by atoms with Crippen LogP contribution in [0.1, 0.15) is 0 Å². The highest BCUT2D eigenvalue weighted by Gasteiger charge is 2.23. The number of rotatable bonds is 2. The minimum atomic E-state index is 0.649. The molecule has 0 aliphatic carbocycles. The summed E-state index contributed by atoms with van der Waals surface area (Å²) in [5, 5.41) is 9.63. The van der Waals surface area contributed by atoms with Gasteiger partial charge in [0.2, 0.25) is 0 Å². The van der Waals surface area contributed by atoms with Crippen molar-refractivity contribution in [2.45, 2.75) is 0 Å². The van der Waals surface area contributed by atoms with E-state index in [1.807, 2.05) is 29.1 Å². The molecule has 0 amide bonds. The largest absolute Gasteiger partial charge is 0.425 e. The summed E-state index contributed by atoms with van der Waals surface area (Å²) in [6.45, 7) is 0. The first-order chi connectivity index (χ1) is 8.29. The minimum absolute atomic E-state index is 0.649. The summed E-state index contributed by atoms with van der Waals surface area (Å²) in [5.74, 6) is 1.67. The number of hydrogen-bond donors (Lipinski definition) is 1. The maximum Gasteiger partial charge on any atom is 0.173 e. The Morgan fingerprint density at radius 2 is 2.35 bits per heavy atom. The van der Waals surface area contributed by atoms with Gasteiger partial charge in [-0.3, -0.25) is 0 Å². The highest BCUT2D eigenvalue weighted by molar-refractivity contribution is 8.04. The number of fused-ring (bicyclic) bond motifs is 1. The molecule has 1 aromatic heterocycles. The van der Waals surface area contributed by atoms with Gasteiger partial charge in [0.05, 0.1) is 6.20 Å². The number of hydrogen-bond acceptors (Lipinski definition) is 5. The Morgan fingerprint density at radius 3 is 3.06 bits per heavy atom. The van der Waals surface area contributed by atoms with Gasteiger partial charge in [-0.25, -0.2) is 4.98 Å². The number of imidazole rings is 1. The summed E-state index contributed by atoms with van der Waals surface area (Å²) in [6.07, 6.45) is 11.4. The number of aromatic nitrogens is 2. The van der Waals surface area contributed by atoms with E-state index in [0.29, 0.717) is 5.82 Å². The number of nitrogens with zero attached hydrogens (tertiary/aromatic N) is 3. The molecule has 4 nitrogen and oxygen atoms in total. The van der Waals surface area contributed by atoms with Crippen LogP contribution in [0.25, 0.3) is 0 Å². The van der Waals surface area contributed by atoms with E-state index in [1.54, 1.807) is 18.0 Å². The van der Waals surface area contributed by atoms with Gasteiger partial charge in [-0.2, -0.15) is 4.73 Å². The zero-order valence-corrected chi connectivity index (χ0v) is 10.8. The van der Waals surface area contributed by atoms with E-state index >= 15 is 0 Å². The van der Waals surface area contributed by atoms with Gasteiger partial charge in [-0.15, -0.1) is 23.5 Å². The molecule has 0 fully saturated rings. The van der Waals surface area contributed by atoms with Crippen LogP contribution in [-0.4, -0.2) is 26.9 Å². The molecule has 6 heteroatoms. The predicted octanol–water partition coefficient (Wildman–Crippen LogP) is 2.66. The highest BCUT2D eigenvalue weighted by atomic mass is 32.2. The van der Waals surface area contributed by atoms with E-state index in [1.165, 1.54) is 21.7 Å². The highest BCUT2D eigenvalue weighted by Crippen LogP contribution is 2.42. The Labute approximate surface area is 108 Å². The number of thioether (sulfide) groups is 2. The second-order valence-electron chi connectivity index (χ2n) is 3.62. The van der Waals surface area contributed by atoms with Crippen molar-refractivity contribution < 1.29 is 5.21 Å². The van der Waals surface area contributed by atoms with Crippen molar-refractivity contribution in [1.29, 1.82) is 0 Å². The lowest BCUT2D eigenvalue weighted by molar-refractivity contribution is 0.190. The Balaban J connectivity index is 2.03. The van der Waals surface area contributed by atoms with Crippen LogP contribution in [0.2, 0.25) is 0 Å². The molecule has 0 bridgehead atoms. The normalized spacial score (nSPS) is 18.6. The Morgan fingerprint density at radius 1 is 1.47 bits per heavy atom. The van der Waals surface area contributed by atoms with Crippen molar-refractivity contribution in [2.75, 3.05) is 16.9 Å². The van der Waals surface area contributed by atoms with Gasteiger partial charge in [0.1, 0.15) is 6.33 Å². The number of anilines is 1. The average molecular weight is 265 g/mol. The molecule has 88 valence electrons. The van der Waals surface area contributed by atoms with Gasteiger partial charge in [-0.05, 0) is 6.26 Å². The van der Waals surface area contributed by atoms with Gasteiger partial charge in [0, 0.05) is 33.5 Å². The van der Waals surface area contributed by atoms with E-state index in [-0.39, 0.29) is 0 Å². The van der Waals surface area contributed by atoms with E-state index in [2.05, 4.69) is 17.3 Å². The standard InChI is InChI=1S/C11H11N3OS2/c1-16-9-5-13(11-4-12-7-14(11)15)6-10-8(9)2-3-17-10/h2,4-7,15H,3H2,1H3. The fourth-order valence-electron chi connectivity index (χ4n) is 1.84. The van der Waals surface area contributed by atoms with Gasteiger partial charge in [-0.1, -0.05) is 6.08 Å². The molecule has 3 rings (SSSR count). The van der Waals surface area contributed by atoms with Crippen molar-refractivity contribution in [3.05, 3.63) is 46.4 Å². The molecular weight excluding hydrogens is 254 g/mol. The Bertz CT molecular complexity index is 545. The summed E-state index contributed by atoms with van der Waals surface area (Å²) >= 11 is 3.53. The van der Waals surface area contributed by atoms with Gasteiger partial charge >= 0.3 is 0 Å². The second-order valence-corrected chi connectivity index (χ2v) is 5.53. The molecule has 3 heterocycles. The molecule has 0 radical (unpaired) electrons. The average Bonchev–Trinajstić information content (AvgIpc) is 2.95. The van der Waals surface area contributed by atoms with Crippen molar-refractivity contribution >= 4 is 29.3 Å². The van der Waals surface area contributed by atoms with Crippen molar-refractivity contribution in [1.82, 2.24) is 9.71 Å². The predicted molar refractivity (Wildman–Crippen MR) is 72.1 cm³/mol. The molecule has 2 aliphatic heterocycles. The number of allylic oxidation sites excluding steroid dienone is 2. The van der Waals surface area contributed by atoms with Gasteiger partial charge in [0.15, 0.2) is 5.82 Å². The van der Waals surface area contributed by atoms with Crippen LogP contribution in [0.4, 0.5) is 5.82 Å². The quantitative estimate of drug-likeness (QED) is 0.833. The first-order valence-electron chi connectivity index (χ1n) is 5.11. The molecular formula is C11H11N3OS2. The zero-order valence-electron chi connectivity index (χ0n) is 9.20. The monoisotopic (exact) mass is 265 g/mol. The molecule has 1 aromatic rings. The maximum absolute atomic E-state index is 9.63. The fourth-order valence-corrected chi connectivity index (χ4v) is 3.51. The third-order valence-corrected chi connectivity index (χ3v) is 4.39. The lowest BCUT2D eigenvalue weighted by atomic mass is 10.2. The third kappa shape index (κ3) is 1.77. The summed E-state index contributed by atoms with van der Waals surface area (Å²) in [7, 11) is 0. The van der Waals surface area contributed by atoms with Crippen LogP contribution in [0, 0.1) is 0 Å². The molecule has 0 atom stereocenters. The van der Waals surface area contributed by atoms with Crippen LogP contribution < -0.4 is 4.90 Å². The lowest BCUT2D eigenvalue weighted by Gasteiger charge is -2.23. The second kappa shape index (κ2) is 4.19. The van der Waals surface area contributed by atoms with Crippen molar-refractivity contribution in [3.8, 4) is 0 Å². The van der Waals surface area contributed by atoms with E-state index < -0.39 is 0 Å². The van der Waals surface area contributed by atoms with Crippen LogP contribution in [0.3, 0.4) is 0 Å². The molecule has 0 unspecified atom stereocenters. The third-order valence-electron chi connectivity index (χ3n) is 2.66. The van der Waals surface area contributed by atoms with Crippen LogP contribution in [0.5, 0.6) is 0 Å². The molecule has 0 saturated heterocycles. The summed E-state index contributed by atoms with van der Waals surface area (Å²) in [5.41, 5.74) is 1.31. The summed E-state index contributed by atoms with van der Waals surface area (Å²) in [6, 6.07) is 0. The molecule has 0 spiro atoms. The Kier molecular flexibility index (Phi) is 2.68. The van der Waals surface area contributed by atoms with Crippen LogP contribution >= 0.6 is 23.5 Å². The van der Waals surface area contributed by atoms with Crippen molar-refractivity contribution in [2.24, 2.45) is 0 Å². The first kappa shape index (κ1) is 10.9. The smallest absolute Gasteiger partial charge is 0.173 e.